The number of rotatable bonds is 6. The van der Waals surface area contributed by atoms with Gasteiger partial charge >= 0.3 is 0 Å². The molecule has 1 aromatic carbocycles. The van der Waals surface area contributed by atoms with E-state index in [1.54, 1.807) is 19.2 Å². The molecule has 1 heterocycles. The van der Waals surface area contributed by atoms with E-state index in [-0.39, 0.29) is 12.5 Å². The minimum atomic E-state index is -0.173. The number of nitrogens with one attached hydrogen (secondary N) is 2. The molecular formula is C21H28N6O. The zero-order valence-electron chi connectivity index (χ0n) is 17.2. The van der Waals surface area contributed by atoms with Crippen LogP contribution in [0, 0.1) is 12.3 Å². The monoisotopic (exact) mass is 380 g/mol. The van der Waals surface area contributed by atoms with Gasteiger partial charge in [0.25, 0.3) is 0 Å². The van der Waals surface area contributed by atoms with Crippen molar-refractivity contribution in [3.05, 3.63) is 47.3 Å². The van der Waals surface area contributed by atoms with E-state index < -0.39 is 0 Å². The van der Waals surface area contributed by atoms with Gasteiger partial charge in [-0.2, -0.15) is 5.10 Å². The zero-order chi connectivity index (χ0) is 20.7. The lowest BCUT2D eigenvalue weighted by molar-refractivity contribution is -0.115. The highest BCUT2D eigenvalue weighted by Gasteiger charge is 2.15. The fourth-order valence-corrected chi connectivity index (χ4v) is 2.93. The number of aliphatic imine (C=N–C) groups is 1. The molecule has 2 N–H and O–H groups in total. The first kappa shape index (κ1) is 21.0. The number of hydrogen-bond donors (Lipinski definition) is 2. The van der Waals surface area contributed by atoms with E-state index in [0.717, 1.165) is 16.8 Å². The van der Waals surface area contributed by atoms with Crippen LogP contribution in [0.3, 0.4) is 0 Å². The minimum absolute atomic E-state index is 0.0986. The van der Waals surface area contributed by atoms with E-state index >= 15 is 0 Å². The Morgan fingerprint density at radius 1 is 1.43 bits per heavy atom. The van der Waals surface area contributed by atoms with Gasteiger partial charge in [-0.25, -0.2) is 0 Å². The Morgan fingerprint density at radius 2 is 2.18 bits per heavy atom. The number of carbonyl (C=O) groups is 1. The van der Waals surface area contributed by atoms with E-state index in [1.807, 2.05) is 42.0 Å². The summed E-state index contributed by atoms with van der Waals surface area (Å²) in [7, 11) is 5.54. The lowest BCUT2D eigenvalue weighted by atomic mass is 10.1. The Morgan fingerprint density at radius 3 is 2.82 bits per heavy atom. The molecule has 0 saturated heterocycles. The van der Waals surface area contributed by atoms with E-state index in [0.29, 0.717) is 24.1 Å². The number of carbonyl (C=O) groups excluding carboxylic acids is 1. The van der Waals surface area contributed by atoms with Gasteiger partial charge in [0.15, 0.2) is 5.96 Å². The van der Waals surface area contributed by atoms with Crippen LogP contribution in [-0.4, -0.2) is 47.2 Å². The van der Waals surface area contributed by atoms with Crippen LogP contribution < -0.4 is 10.6 Å². The second-order valence-corrected chi connectivity index (χ2v) is 6.90. The van der Waals surface area contributed by atoms with Gasteiger partial charge in [0, 0.05) is 50.7 Å². The molecule has 0 aliphatic rings. The van der Waals surface area contributed by atoms with Gasteiger partial charge in [-0.15, -0.1) is 6.42 Å². The smallest absolute Gasteiger partial charge is 0.243 e. The molecule has 0 unspecified atom stereocenters. The van der Waals surface area contributed by atoms with Crippen LogP contribution in [0.1, 0.15) is 36.6 Å². The third-order valence-corrected chi connectivity index (χ3v) is 4.18. The molecule has 1 aromatic heterocycles. The number of amides is 1. The van der Waals surface area contributed by atoms with Crippen LogP contribution >= 0.6 is 0 Å². The number of guanidine groups is 1. The number of anilines is 1. The highest BCUT2D eigenvalue weighted by Crippen LogP contribution is 2.18. The summed E-state index contributed by atoms with van der Waals surface area (Å²) in [5, 5.41) is 10.5. The highest BCUT2D eigenvalue weighted by molar-refractivity contribution is 5.95. The SMILES string of the molecule is C#Cc1cccc(NC(=O)CNC(=NC)N(C)Cc2cn(C)nc2C(C)C)c1. The lowest BCUT2D eigenvalue weighted by Gasteiger charge is -2.22. The second-order valence-electron chi connectivity index (χ2n) is 6.90. The molecule has 0 spiro atoms. The third kappa shape index (κ3) is 5.61. The van der Waals surface area contributed by atoms with Crippen LogP contribution in [0.25, 0.3) is 0 Å². The predicted molar refractivity (Wildman–Crippen MR) is 113 cm³/mol. The molecule has 0 aliphatic heterocycles. The van der Waals surface area contributed by atoms with Gasteiger partial charge in [-0.1, -0.05) is 25.8 Å². The Labute approximate surface area is 166 Å². The first-order chi connectivity index (χ1) is 13.3. The summed E-state index contributed by atoms with van der Waals surface area (Å²) in [5.41, 5.74) is 3.59. The Hall–Kier alpha value is -3.27. The number of nitrogens with zero attached hydrogens (tertiary/aromatic N) is 4. The summed E-state index contributed by atoms with van der Waals surface area (Å²) < 4.78 is 1.83. The molecule has 7 heteroatoms. The van der Waals surface area contributed by atoms with Crippen molar-refractivity contribution in [1.82, 2.24) is 20.0 Å². The predicted octanol–water partition coefficient (Wildman–Crippen LogP) is 2.17. The molecule has 1 amide bonds. The number of hydrogen-bond acceptors (Lipinski definition) is 3. The van der Waals surface area contributed by atoms with Crippen molar-refractivity contribution in [3.63, 3.8) is 0 Å². The van der Waals surface area contributed by atoms with Gasteiger partial charge < -0.3 is 15.5 Å². The average molecular weight is 380 g/mol. The maximum atomic E-state index is 12.2. The standard InChI is InChI=1S/C21H28N6O/c1-7-16-9-8-10-18(11-16)24-19(28)12-23-21(22-4)26(5)13-17-14-27(6)25-20(17)15(2)3/h1,8-11,14-15H,12-13H2,2-6H3,(H,22,23)(H,24,28). The quantitative estimate of drug-likeness (QED) is 0.458. The van der Waals surface area contributed by atoms with Gasteiger partial charge in [0.1, 0.15) is 0 Å². The highest BCUT2D eigenvalue weighted by atomic mass is 16.1. The molecule has 2 rings (SSSR count). The van der Waals surface area contributed by atoms with Crippen LogP contribution in [0.15, 0.2) is 35.5 Å². The topological polar surface area (TPSA) is 74.6 Å². The average Bonchev–Trinajstić information content (AvgIpc) is 3.02. The zero-order valence-corrected chi connectivity index (χ0v) is 17.2. The first-order valence-corrected chi connectivity index (χ1v) is 9.14. The number of aromatic nitrogens is 2. The largest absolute Gasteiger partial charge is 0.347 e. The van der Waals surface area contributed by atoms with Gasteiger partial charge in [0.05, 0.1) is 12.2 Å². The fraction of sp³-hybridized carbons (Fsp3) is 0.381. The molecule has 0 saturated carbocycles. The summed E-state index contributed by atoms with van der Waals surface area (Å²) in [4.78, 5) is 18.5. The summed E-state index contributed by atoms with van der Waals surface area (Å²) in [6.07, 6.45) is 7.41. The van der Waals surface area contributed by atoms with Gasteiger partial charge in [-0.3, -0.25) is 14.5 Å². The molecule has 0 atom stereocenters. The Kier molecular flexibility index (Phi) is 7.21. The van der Waals surface area contributed by atoms with Crippen LogP contribution in [-0.2, 0) is 18.4 Å². The van der Waals surface area contributed by atoms with E-state index in [1.165, 1.54) is 0 Å². The maximum absolute atomic E-state index is 12.2. The molecule has 0 bridgehead atoms. The van der Waals surface area contributed by atoms with E-state index in [2.05, 4.69) is 40.5 Å². The van der Waals surface area contributed by atoms with Crippen molar-refractivity contribution in [3.8, 4) is 12.3 Å². The summed E-state index contributed by atoms with van der Waals surface area (Å²) >= 11 is 0. The third-order valence-electron chi connectivity index (χ3n) is 4.18. The van der Waals surface area contributed by atoms with Crippen molar-refractivity contribution >= 4 is 17.6 Å². The van der Waals surface area contributed by atoms with Crippen LogP contribution in [0.5, 0.6) is 0 Å². The van der Waals surface area contributed by atoms with Crippen molar-refractivity contribution in [2.45, 2.75) is 26.3 Å². The minimum Gasteiger partial charge on any atom is -0.347 e. The maximum Gasteiger partial charge on any atom is 0.243 e. The molecule has 0 fully saturated rings. The van der Waals surface area contributed by atoms with Gasteiger partial charge in [0.2, 0.25) is 5.91 Å². The lowest BCUT2D eigenvalue weighted by Crippen LogP contribution is -2.42. The molecule has 2 aromatic rings. The molecule has 0 radical (unpaired) electrons. The van der Waals surface area contributed by atoms with E-state index in [4.69, 9.17) is 6.42 Å². The number of aryl methyl sites for hydroxylation is 1. The summed E-state index contributed by atoms with van der Waals surface area (Å²) in [6.45, 7) is 4.99. The van der Waals surface area contributed by atoms with Crippen molar-refractivity contribution < 1.29 is 4.79 Å². The summed E-state index contributed by atoms with van der Waals surface area (Å²) in [5.74, 6) is 3.35. The number of benzene rings is 1. The molecule has 28 heavy (non-hydrogen) atoms. The van der Waals surface area contributed by atoms with Crippen molar-refractivity contribution in [1.29, 1.82) is 0 Å². The van der Waals surface area contributed by atoms with E-state index in [9.17, 15) is 4.79 Å². The Bertz CT molecular complexity index is 891. The normalized spacial score (nSPS) is 11.2. The first-order valence-electron chi connectivity index (χ1n) is 9.14. The number of terminal acetylenes is 1. The Balaban J connectivity index is 1.94. The second kappa shape index (κ2) is 9.60. The van der Waals surface area contributed by atoms with Crippen LogP contribution in [0.2, 0.25) is 0 Å². The molecule has 148 valence electrons. The van der Waals surface area contributed by atoms with Gasteiger partial charge in [-0.05, 0) is 24.1 Å². The molecule has 7 nitrogen and oxygen atoms in total. The fourth-order valence-electron chi connectivity index (χ4n) is 2.93. The van der Waals surface area contributed by atoms with Crippen LogP contribution in [0.4, 0.5) is 5.69 Å². The summed E-state index contributed by atoms with van der Waals surface area (Å²) in [6, 6.07) is 7.18. The van der Waals surface area contributed by atoms with Crippen molar-refractivity contribution in [2.75, 3.05) is 26.0 Å². The molecular weight excluding hydrogens is 352 g/mol. The molecule has 0 aliphatic carbocycles. The van der Waals surface area contributed by atoms with Crippen molar-refractivity contribution in [2.24, 2.45) is 12.0 Å².